The fourth-order valence-corrected chi connectivity index (χ4v) is 2.15. The van der Waals surface area contributed by atoms with Gasteiger partial charge in [-0.25, -0.2) is 0 Å². The first-order chi connectivity index (χ1) is 10.8. The van der Waals surface area contributed by atoms with Gasteiger partial charge in [0.1, 0.15) is 0 Å². The first-order valence-electron chi connectivity index (χ1n) is 7.25. The highest BCUT2D eigenvalue weighted by molar-refractivity contribution is 5.92. The van der Waals surface area contributed by atoms with Crippen LogP contribution in [0.2, 0.25) is 0 Å². The number of aromatic nitrogens is 2. The third kappa shape index (κ3) is 3.69. The zero-order valence-corrected chi connectivity index (χ0v) is 12.2. The van der Waals surface area contributed by atoms with Crippen LogP contribution in [0.1, 0.15) is 12.0 Å². The highest BCUT2D eigenvalue weighted by Crippen LogP contribution is 2.32. The molecule has 22 heavy (non-hydrogen) atoms. The molecule has 116 valence electrons. The molecule has 1 aliphatic rings. The molecule has 3 rings (SSSR count). The maximum atomic E-state index is 5.90. The third-order valence-electron chi connectivity index (χ3n) is 3.26. The molecule has 7 heteroatoms. The van der Waals surface area contributed by atoms with Crippen molar-refractivity contribution in [1.82, 2.24) is 10.2 Å². The average Bonchev–Trinajstić information content (AvgIpc) is 2.91. The summed E-state index contributed by atoms with van der Waals surface area (Å²) in [5, 5.41) is 9.72. The molecule has 1 aliphatic heterocycles. The van der Waals surface area contributed by atoms with E-state index in [0.717, 1.165) is 35.6 Å². The molecule has 1 aromatic carbocycles. The van der Waals surface area contributed by atoms with Crippen molar-refractivity contribution in [3.05, 3.63) is 36.2 Å². The van der Waals surface area contributed by atoms with Gasteiger partial charge in [0.25, 0.3) is 0 Å². The number of rotatable bonds is 4. The number of nitrogens with two attached hydrogens (primary N) is 1. The van der Waals surface area contributed by atoms with Gasteiger partial charge >= 0.3 is 0 Å². The summed E-state index contributed by atoms with van der Waals surface area (Å²) in [5.74, 6) is 1.87. The zero-order valence-electron chi connectivity index (χ0n) is 12.2. The van der Waals surface area contributed by atoms with Gasteiger partial charge < -0.3 is 20.5 Å². The van der Waals surface area contributed by atoms with Gasteiger partial charge in [0, 0.05) is 30.9 Å². The van der Waals surface area contributed by atoms with Crippen molar-refractivity contribution in [2.45, 2.75) is 12.8 Å². The molecule has 7 nitrogen and oxygen atoms in total. The first kappa shape index (κ1) is 14.2. The molecule has 0 spiro atoms. The van der Waals surface area contributed by atoms with Crippen molar-refractivity contribution in [3.63, 3.8) is 0 Å². The molecule has 2 aromatic rings. The molecule has 0 saturated heterocycles. The smallest absolute Gasteiger partial charge is 0.193 e. The second-order valence-corrected chi connectivity index (χ2v) is 4.96. The molecule has 0 saturated carbocycles. The number of ether oxygens (including phenoxy) is 2. The number of nitrogens with one attached hydrogen (secondary N) is 2. The second-order valence-electron chi connectivity index (χ2n) is 4.96. The summed E-state index contributed by atoms with van der Waals surface area (Å²) >= 11 is 0. The number of anilines is 1. The number of hydrogen-bond acceptors (Lipinski definition) is 4. The molecule has 4 N–H and O–H groups in total. The van der Waals surface area contributed by atoms with E-state index in [1.807, 2.05) is 24.4 Å². The minimum atomic E-state index is 0.373. The number of H-pyrrole nitrogens is 1. The Hall–Kier alpha value is -2.70. The third-order valence-corrected chi connectivity index (χ3v) is 3.26. The fourth-order valence-electron chi connectivity index (χ4n) is 2.15. The maximum Gasteiger partial charge on any atom is 0.193 e. The van der Waals surface area contributed by atoms with Crippen molar-refractivity contribution >= 4 is 11.6 Å². The van der Waals surface area contributed by atoms with E-state index in [1.54, 1.807) is 6.20 Å². The number of benzene rings is 1. The van der Waals surface area contributed by atoms with E-state index in [4.69, 9.17) is 15.2 Å². The van der Waals surface area contributed by atoms with Gasteiger partial charge in [-0.15, -0.1) is 0 Å². The Bertz CT molecular complexity index is 639. The number of hydrogen-bond donors (Lipinski definition) is 3. The molecule has 0 aliphatic carbocycles. The van der Waals surface area contributed by atoms with E-state index in [1.165, 1.54) is 0 Å². The van der Waals surface area contributed by atoms with E-state index in [0.29, 0.717) is 25.7 Å². The predicted octanol–water partition coefficient (Wildman–Crippen LogP) is 1.54. The Labute approximate surface area is 128 Å². The largest absolute Gasteiger partial charge is 0.490 e. The van der Waals surface area contributed by atoms with E-state index in [9.17, 15) is 0 Å². The van der Waals surface area contributed by atoms with Crippen molar-refractivity contribution in [2.75, 3.05) is 25.1 Å². The summed E-state index contributed by atoms with van der Waals surface area (Å²) in [6.45, 7) is 1.94. The van der Waals surface area contributed by atoms with Gasteiger partial charge in [0.2, 0.25) is 0 Å². The quantitative estimate of drug-likeness (QED) is 0.588. The monoisotopic (exact) mass is 301 g/mol. The van der Waals surface area contributed by atoms with Crippen molar-refractivity contribution in [2.24, 2.45) is 10.7 Å². The minimum Gasteiger partial charge on any atom is -0.490 e. The molecule has 0 unspecified atom stereocenters. The van der Waals surface area contributed by atoms with Crippen LogP contribution >= 0.6 is 0 Å². The molecular weight excluding hydrogens is 282 g/mol. The Balaban J connectivity index is 1.58. The molecule has 2 heterocycles. The normalized spacial score (nSPS) is 14.5. The van der Waals surface area contributed by atoms with E-state index < -0.39 is 0 Å². The summed E-state index contributed by atoms with van der Waals surface area (Å²) in [6, 6.07) is 5.65. The Morgan fingerprint density at radius 1 is 1.32 bits per heavy atom. The van der Waals surface area contributed by atoms with Gasteiger partial charge in [-0.1, -0.05) is 0 Å². The standard InChI is InChI=1S/C15H19N5O2/c16-15(17-5-4-11-9-18-19-10-11)20-12-2-3-13-14(8-12)22-7-1-6-21-13/h2-3,8-10H,1,4-7H2,(H,18,19)(H3,16,17,20). The lowest BCUT2D eigenvalue weighted by molar-refractivity contribution is 0.297. The minimum absolute atomic E-state index is 0.373. The summed E-state index contributed by atoms with van der Waals surface area (Å²) in [6.07, 6.45) is 5.31. The Kier molecular flexibility index (Phi) is 4.43. The Morgan fingerprint density at radius 2 is 2.18 bits per heavy atom. The van der Waals surface area contributed by atoms with Crippen LogP contribution in [0, 0.1) is 0 Å². The molecular formula is C15H19N5O2. The lowest BCUT2D eigenvalue weighted by Crippen LogP contribution is -2.23. The van der Waals surface area contributed by atoms with Gasteiger partial charge in [-0.3, -0.25) is 10.1 Å². The molecule has 1 aromatic heterocycles. The maximum absolute atomic E-state index is 5.90. The highest BCUT2D eigenvalue weighted by Gasteiger charge is 2.10. The predicted molar refractivity (Wildman–Crippen MR) is 84.5 cm³/mol. The highest BCUT2D eigenvalue weighted by atomic mass is 16.5. The number of fused-ring (bicyclic) bond motifs is 1. The summed E-state index contributed by atoms with van der Waals surface area (Å²) < 4.78 is 11.2. The summed E-state index contributed by atoms with van der Waals surface area (Å²) in [5.41, 5.74) is 7.83. The second kappa shape index (κ2) is 6.84. The van der Waals surface area contributed by atoms with Crippen LogP contribution in [0.4, 0.5) is 5.69 Å². The topological polar surface area (TPSA) is 97.6 Å². The first-order valence-corrected chi connectivity index (χ1v) is 7.25. The van der Waals surface area contributed by atoms with E-state index in [2.05, 4.69) is 20.5 Å². The van der Waals surface area contributed by atoms with Crippen LogP contribution in [-0.4, -0.2) is 35.9 Å². The number of aliphatic imine (C=N–C) groups is 1. The SMILES string of the molecule is NC(=NCCc1cn[nH]c1)Nc1ccc2c(c1)OCCCO2. The Morgan fingerprint density at radius 3 is 3.00 bits per heavy atom. The number of aromatic amines is 1. The molecule has 0 atom stereocenters. The average molecular weight is 301 g/mol. The fraction of sp³-hybridized carbons (Fsp3) is 0.333. The van der Waals surface area contributed by atoms with Gasteiger partial charge in [-0.05, 0) is 24.1 Å². The van der Waals surface area contributed by atoms with Gasteiger partial charge in [0.05, 0.1) is 19.4 Å². The summed E-state index contributed by atoms with van der Waals surface area (Å²) in [4.78, 5) is 4.29. The van der Waals surface area contributed by atoms with Crippen molar-refractivity contribution in [1.29, 1.82) is 0 Å². The molecule has 0 bridgehead atoms. The van der Waals surface area contributed by atoms with Crippen molar-refractivity contribution < 1.29 is 9.47 Å². The zero-order chi connectivity index (χ0) is 15.2. The molecule has 0 fully saturated rings. The van der Waals surface area contributed by atoms with Crippen molar-refractivity contribution in [3.8, 4) is 11.5 Å². The lowest BCUT2D eigenvalue weighted by atomic mass is 10.2. The van der Waals surface area contributed by atoms with Crippen LogP contribution in [0.25, 0.3) is 0 Å². The van der Waals surface area contributed by atoms with Crippen LogP contribution in [-0.2, 0) is 6.42 Å². The van der Waals surface area contributed by atoms with Gasteiger partial charge in [-0.2, -0.15) is 5.10 Å². The number of guanidine groups is 1. The van der Waals surface area contributed by atoms with Crippen LogP contribution in [0.5, 0.6) is 11.5 Å². The lowest BCUT2D eigenvalue weighted by Gasteiger charge is -2.10. The van der Waals surface area contributed by atoms with Crippen LogP contribution in [0.15, 0.2) is 35.6 Å². The summed E-state index contributed by atoms with van der Waals surface area (Å²) in [7, 11) is 0. The van der Waals surface area contributed by atoms with Crippen LogP contribution in [0.3, 0.4) is 0 Å². The van der Waals surface area contributed by atoms with Gasteiger partial charge in [0.15, 0.2) is 17.5 Å². The van der Waals surface area contributed by atoms with E-state index in [-0.39, 0.29) is 0 Å². The number of nitrogens with zero attached hydrogens (tertiary/aromatic N) is 2. The van der Waals surface area contributed by atoms with Crippen LogP contribution < -0.4 is 20.5 Å². The molecule has 0 amide bonds. The molecule has 0 radical (unpaired) electrons. The van der Waals surface area contributed by atoms with E-state index >= 15 is 0 Å².